The molecule has 0 radical (unpaired) electrons. The zero-order valence-corrected chi connectivity index (χ0v) is 13.2. The molecule has 6 heteroatoms. The molecule has 102 valence electrons. The van der Waals surface area contributed by atoms with Crippen molar-refractivity contribution in [2.75, 3.05) is 13.4 Å². The van der Waals surface area contributed by atoms with Crippen molar-refractivity contribution >= 4 is 25.8 Å². The maximum absolute atomic E-state index is 11.5. The van der Waals surface area contributed by atoms with Crippen LogP contribution >= 0.6 is 15.9 Å². The second-order valence-electron chi connectivity index (χ2n) is 4.32. The van der Waals surface area contributed by atoms with Gasteiger partial charge < -0.3 is 9.84 Å². The smallest absolute Gasteiger partial charge is 0.152 e. The first kappa shape index (κ1) is 15.5. The molecule has 0 aliphatic carbocycles. The summed E-state index contributed by atoms with van der Waals surface area (Å²) in [6.45, 7) is 3.37. The van der Waals surface area contributed by atoms with E-state index in [1.54, 1.807) is 12.1 Å². The van der Waals surface area contributed by atoms with E-state index in [1.807, 2.05) is 6.92 Å². The Kier molecular flexibility index (Phi) is 4.80. The molecule has 0 saturated carbocycles. The van der Waals surface area contributed by atoms with Crippen LogP contribution in [0.1, 0.15) is 24.2 Å². The quantitative estimate of drug-likeness (QED) is 0.915. The molecule has 0 spiro atoms. The third kappa shape index (κ3) is 3.24. The van der Waals surface area contributed by atoms with E-state index >= 15 is 0 Å². The molecule has 0 saturated heterocycles. The first-order chi connectivity index (χ1) is 8.18. The third-order valence-corrected chi connectivity index (χ3v) is 5.41. The molecule has 2 atom stereocenters. The molecule has 1 N–H and O–H groups in total. The van der Waals surface area contributed by atoms with Crippen LogP contribution in [0.4, 0.5) is 0 Å². The minimum atomic E-state index is -3.32. The van der Waals surface area contributed by atoms with Crippen molar-refractivity contribution < 1.29 is 18.3 Å². The van der Waals surface area contributed by atoms with Gasteiger partial charge in [0.15, 0.2) is 9.84 Å². The SMILES string of the molecule is COc1cc(C)c(Br)cc1C(O)C(C)S(C)(=O)=O. The van der Waals surface area contributed by atoms with Crippen LogP contribution in [-0.2, 0) is 9.84 Å². The monoisotopic (exact) mass is 336 g/mol. The molecule has 0 heterocycles. The van der Waals surface area contributed by atoms with Crippen molar-refractivity contribution in [3.8, 4) is 5.75 Å². The van der Waals surface area contributed by atoms with Gasteiger partial charge in [0.25, 0.3) is 0 Å². The van der Waals surface area contributed by atoms with E-state index in [1.165, 1.54) is 14.0 Å². The Morgan fingerprint density at radius 3 is 2.39 bits per heavy atom. The average molecular weight is 337 g/mol. The second-order valence-corrected chi connectivity index (χ2v) is 7.58. The molecule has 0 aliphatic heterocycles. The van der Waals surface area contributed by atoms with Crippen LogP contribution in [0.25, 0.3) is 0 Å². The highest BCUT2D eigenvalue weighted by atomic mass is 79.9. The van der Waals surface area contributed by atoms with Gasteiger partial charge in [-0.1, -0.05) is 15.9 Å². The Morgan fingerprint density at radius 1 is 1.39 bits per heavy atom. The molecular weight excluding hydrogens is 320 g/mol. The summed E-state index contributed by atoms with van der Waals surface area (Å²) in [6.07, 6.45) is -0.0109. The number of ether oxygens (including phenoxy) is 1. The number of halogens is 1. The lowest BCUT2D eigenvalue weighted by atomic mass is 10.0. The van der Waals surface area contributed by atoms with Crippen molar-refractivity contribution in [2.45, 2.75) is 25.2 Å². The van der Waals surface area contributed by atoms with Gasteiger partial charge in [0.1, 0.15) is 5.75 Å². The van der Waals surface area contributed by atoms with E-state index in [9.17, 15) is 13.5 Å². The van der Waals surface area contributed by atoms with E-state index in [4.69, 9.17) is 4.74 Å². The highest BCUT2D eigenvalue weighted by Crippen LogP contribution is 2.34. The normalized spacial score (nSPS) is 15.2. The third-order valence-electron chi connectivity index (χ3n) is 2.95. The lowest BCUT2D eigenvalue weighted by Crippen LogP contribution is -2.24. The van der Waals surface area contributed by atoms with Gasteiger partial charge in [-0.05, 0) is 31.5 Å². The van der Waals surface area contributed by atoms with Crippen LogP contribution in [0, 0.1) is 6.92 Å². The number of benzene rings is 1. The Bertz CT molecular complexity index is 539. The summed E-state index contributed by atoms with van der Waals surface area (Å²) >= 11 is 3.36. The van der Waals surface area contributed by atoms with Gasteiger partial charge in [0.2, 0.25) is 0 Å². The molecule has 0 bridgehead atoms. The summed E-state index contributed by atoms with van der Waals surface area (Å²) in [5, 5.41) is 9.28. The molecule has 4 nitrogen and oxygen atoms in total. The fourth-order valence-corrected chi connectivity index (χ4v) is 2.54. The number of rotatable bonds is 4. The van der Waals surface area contributed by atoms with Crippen molar-refractivity contribution in [2.24, 2.45) is 0 Å². The number of methoxy groups -OCH3 is 1. The highest BCUT2D eigenvalue weighted by molar-refractivity contribution is 9.10. The van der Waals surface area contributed by atoms with Gasteiger partial charge in [-0.3, -0.25) is 0 Å². The minimum Gasteiger partial charge on any atom is -0.496 e. The molecule has 0 aliphatic rings. The maximum Gasteiger partial charge on any atom is 0.152 e. The lowest BCUT2D eigenvalue weighted by Gasteiger charge is -2.20. The molecule has 0 amide bonds. The first-order valence-corrected chi connectivity index (χ1v) is 8.14. The fourth-order valence-electron chi connectivity index (χ4n) is 1.57. The Hall–Kier alpha value is -0.590. The molecule has 1 aromatic rings. The van der Waals surface area contributed by atoms with Gasteiger partial charge in [0, 0.05) is 16.3 Å². The van der Waals surface area contributed by atoms with E-state index in [-0.39, 0.29) is 0 Å². The summed E-state index contributed by atoms with van der Waals surface area (Å²) in [6, 6.07) is 3.46. The zero-order chi connectivity index (χ0) is 14.1. The lowest BCUT2D eigenvalue weighted by molar-refractivity contribution is 0.172. The standard InChI is InChI=1S/C12H17BrO4S/c1-7-5-11(17-3)9(6-10(7)13)12(14)8(2)18(4,15)16/h5-6,8,12,14H,1-4H3. The Balaban J connectivity index is 3.28. The summed E-state index contributed by atoms with van der Waals surface area (Å²) < 4.78 is 29.0. The van der Waals surface area contributed by atoms with E-state index < -0.39 is 21.2 Å². The van der Waals surface area contributed by atoms with Gasteiger partial charge in [-0.25, -0.2) is 8.42 Å². The first-order valence-electron chi connectivity index (χ1n) is 5.39. The van der Waals surface area contributed by atoms with Crippen LogP contribution in [0.2, 0.25) is 0 Å². The molecular formula is C12H17BrO4S. The maximum atomic E-state index is 11.5. The summed E-state index contributed by atoms with van der Waals surface area (Å²) in [5.41, 5.74) is 1.42. The van der Waals surface area contributed by atoms with E-state index in [2.05, 4.69) is 15.9 Å². The number of aryl methyl sites for hydroxylation is 1. The number of sulfone groups is 1. The van der Waals surface area contributed by atoms with Crippen molar-refractivity contribution in [1.82, 2.24) is 0 Å². The van der Waals surface area contributed by atoms with Gasteiger partial charge >= 0.3 is 0 Å². The summed E-state index contributed by atoms with van der Waals surface area (Å²) in [5.74, 6) is 0.485. The average Bonchev–Trinajstić information content (AvgIpc) is 2.29. The van der Waals surface area contributed by atoms with E-state index in [0.29, 0.717) is 11.3 Å². The molecule has 0 fully saturated rings. The van der Waals surface area contributed by atoms with E-state index in [0.717, 1.165) is 16.3 Å². The molecule has 1 rings (SSSR count). The highest BCUT2D eigenvalue weighted by Gasteiger charge is 2.28. The molecule has 2 unspecified atom stereocenters. The topological polar surface area (TPSA) is 63.6 Å². The van der Waals surface area contributed by atoms with Crippen LogP contribution in [0.15, 0.2) is 16.6 Å². The number of hydrogen-bond donors (Lipinski definition) is 1. The van der Waals surface area contributed by atoms with Gasteiger partial charge in [0.05, 0.1) is 18.5 Å². The summed E-state index contributed by atoms with van der Waals surface area (Å²) in [7, 11) is -1.83. The zero-order valence-electron chi connectivity index (χ0n) is 10.8. The number of aliphatic hydroxyl groups is 1. The van der Waals surface area contributed by atoms with Crippen LogP contribution in [0.5, 0.6) is 5.75 Å². The van der Waals surface area contributed by atoms with Crippen LogP contribution in [-0.4, -0.2) is 32.1 Å². The predicted octanol–water partition coefficient (Wildman–Crippen LogP) is 2.23. The predicted molar refractivity (Wildman–Crippen MR) is 74.7 cm³/mol. The molecule has 0 aromatic heterocycles. The molecule has 1 aromatic carbocycles. The van der Waals surface area contributed by atoms with Crippen LogP contribution in [0.3, 0.4) is 0 Å². The number of aliphatic hydroxyl groups excluding tert-OH is 1. The Morgan fingerprint density at radius 2 is 1.94 bits per heavy atom. The van der Waals surface area contributed by atoms with Crippen molar-refractivity contribution in [3.63, 3.8) is 0 Å². The fraction of sp³-hybridized carbons (Fsp3) is 0.500. The Labute approximate surface area is 116 Å². The second kappa shape index (κ2) is 5.59. The number of hydrogen-bond acceptors (Lipinski definition) is 4. The van der Waals surface area contributed by atoms with Crippen molar-refractivity contribution in [1.29, 1.82) is 0 Å². The van der Waals surface area contributed by atoms with Crippen LogP contribution < -0.4 is 4.74 Å². The minimum absolute atomic E-state index is 0.466. The largest absolute Gasteiger partial charge is 0.496 e. The summed E-state index contributed by atoms with van der Waals surface area (Å²) in [4.78, 5) is 0. The van der Waals surface area contributed by atoms with Gasteiger partial charge in [-0.15, -0.1) is 0 Å². The van der Waals surface area contributed by atoms with Crippen molar-refractivity contribution in [3.05, 3.63) is 27.7 Å². The molecule has 18 heavy (non-hydrogen) atoms. The van der Waals surface area contributed by atoms with Gasteiger partial charge in [-0.2, -0.15) is 0 Å².